The van der Waals surface area contributed by atoms with Crippen LogP contribution in [-0.2, 0) is 0 Å². The van der Waals surface area contributed by atoms with E-state index in [2.05, 4.69) is 20.5 Å². The highest BCUT2D eigenvalue weighted by molar-refractivity contribution is 7.10. The molecule has 0 radical (unpaired) electrons. The summed E-state index contributed by atoms with van der Waals surface area (Å²) in [6.07, 6.45) is 3.22. The normalized spacial score (nSPS) is 14.2. The molecule has 8 nitrogen and oxygen atoms in total. The molecule has 0 fully saturated rings. The minimum absolute atomic E-state index is 0.0542. The molecule has 0 bridgehead atoms. The van der Waals surface area contributed by atoms with E-state index in [4.69, 9.17) is 0 Å². The topological polar surface area (TPSA) is 113 Å². The highest BCUT2D eigenvalue weighted by Gasteiger charge is 2.18. The minimum Gasteiger partial charge on any atom is -0.341 e. The molecule has 0 atom stereocenters. The Kier molecular flexibility index (Phi) is 4.83. The molecule has 1 aliphatic rings. The van der Waals surface area contributed by atoms with E-state index < -0.39 is 4.92 Å². The fourth-order valence-corrected chi connectivity index (χ4v) is 3.46. The van der Waals surface area contributed by atoms with Gasteiger partial charge in [0.1, 0.15) is 17.3 Å². The van der Waals surface area contributed by atoms with E-state index in [1.54, 1.807) is 30.3 Å². The Balaban J connectivity index is 1.67. The zero-order valence-electron chi connectivity index (χ0n) is 14.6. The molecule has 0 aliphatic carbocycles. The summed E-state index contributed by atoms with van der Waals surface area (Å²) >= 11 is 0.980. The number of anilines is 2. The first-order valence-electron chi connectivity index (χ1n) is 8.33. The van der Waals surface area contributed by atoms with Crippen LogP contribution >= 0.6 is 11.3 Å². The van der Waals surface area contributed by atoms with Crippen LogP contribution in [0.1, 0.15) is 10.4 Å². The molecule has 29 heavy (non-hydrogen) atoms. The van der Waals surface area contributed by atoms with Crippen molar-refractivity contribution in [2.45, 2.75) is 0 Å². The summed E-state index contributed by atoms with van der Waals surface area (Å²) in [5.41, 5.74) is 2.15. The summed E-state index contributed by atoms with van der Waals surface area (Å²) in [5, 5.41) is 22.0. The lowest BCUT2D eigenvalue weighted by Crippen LogP contribution is -2.03. The van der Waals surface area contributed by atoms with Crippen molar-refractivity contribution < 1.29 is 9.31 Å². The number of nitro benzene ring substituents is 1. The highest BCUT2D eigenvalue weighted by Crippen LogP contribution is 2.26. The number of halogens is 1. The highest BCUT2D eigenvalue weighted by atomic mass is 32.1. The largest absolute Gasteiger partial charge is 0.341 e. The van der Waals surface area contributed by atoms with E-state index in [0.29, 0.717) is 33.2 Å². The van der Waals surface area contributed by atoms with Crippen LogP contribution in [0.5, 0.6) is 0 Å². The van der Waals surface area contributed by atoms with Gasteiger partial charge in [0.2, 0.25) is 0 Å². The van der Waals surface area contributed by atoms with Gasteiger partial charge in [0.15, 0.2) is 0 Å². The third-order valence-corrected chi connectivity index (χ3v) is 4.86. The van der Waals surface area contributed by atoms with E-state index in [0.717, 1.165) is 11.3 Å². The molecule has 4 rings (SSSR count). The number of non-ortho nitro benzene ring substituents is 1. The molecule has 0 spiro atoms. The summed E-state index contributed by atoms with van der Waals surface area (Å²) in [7, 11) is 0. The fourth-order valence-electron chi connectivity index (χ4n) is 2.72. The molecule has 144 valence electrons. The van der Waals surface area contributed by atoms with Gasteiger partial charge in [-0.3, -0.25) is 19.9 Å². The van der Waals surface area contributed by atoms with Gasteiger partial charge in [0.05, 0.1) is 16.0 Å². The van der Waals surface area contributed by atoms with Crippen molar-refractivity contribution in [2.75, 3.05) is 5.32 Å². The standard InChI is InChI=1S/C19H12FN5O3S/c20-13-4-6-14(7-5-13)22-18-16(29-19(26)23-18)9-12-10-21-24-17(12)11-2-1-3-15(8-11)25(27)28/h1-10,22H,(H,23,26)/b12-9+. The lowest BCUT2D eigenvalue weighted by Gasteiger charge is -2.06. The second-order valence-electron chi connectivity index (χ2n) is 5.99. The van der Waals surface area contributed by atoms with Crippen molar-refractivity contribution in [1.29, 1.82) is 0 Å². The van der Waals surface area contributed by atoms with E-state index >= 15 is 0 Å². The summed E-state index contributed by atoms with van der Waals surface area (Å²) < 4.78 is 13.1. The number of rotatable bonds is 5. The molecule has 2 aromatic carbocycles. The number of nitrogens with one attached hydrogen (secondary N) is 2. The Hall–Kier alpha value is -3.92. The first-order chi connectivity index (χ1) is 14.0. The first-order valence-corrected chi connectivity index (χ1v) is 9.15. The molecule has 2 N–H and O–H groups in total. The third-order valence-electron chi connectivity index (χ3n) is 4.03. The average Bonchev–Trinajstić information content (AvgIpc) is 3.30. The number of nitro groups is 1. The zero-order chi connectivity index (χ0) is 20.4. The smallest absolute Gasteiger partial charge is 0.306 e. The number of hydrogen-bond acceptors (Lipinski definition) is 7. The summed E-state index contributed by atoms with van der Waals surface area (Å²) in [5.74, 6) is 0.0782. The number of hydrogen-bond donors (Lipinski definition) is 2. The van der Waals surface area contributed by atoms with Crippen LogP contribution in [0.25, 0.3) is 6.08 Å². The summed E-state index contributed by atoms with van der Waals surface area (Å²) in [4.78, 5) is 25.5. The van der Waals surface area contributed by atoms with Gasteiger partial charge in [0.25, 0.3) is 5.69 Å². The molecule has 2 heterocycles. The maximum atomic E-state index is 13.1. The molecule has 0 saturated carbocycles. The fraction of sp³-hybridized carbons (Fsp3) is 0. The Labute approximate surface area is 166 Å². The van der Waals surface area contributed by atoms with E-state index in [9.17, 15) is 19.3 Å². The summed E-state index contributed by atoms with van der Waals surface area (Å²) in [6.45, 7) is 0. The third kappa shape index (κ3) is 4.01. The quantitative estimate of drug-likeness (QED) is 0.488. The maximum absolute atomic E-state index is 13.1. The lowest BCUT2D eigenvalue weighted by molar-refractivity contribution is -0.384. The van der Waals surface area contributed by atoms with Crippen LogP contribution in [0.3, 0.4) is 0 Å². The van der Waals surface area contributed by atoms with Crippen molar-refractivity contribution in [3.63, 3.8) is 0 Å². The van der Waals surface area contributed by atoms with Gasteiger partial charge >= 0.3 is 4.87 Å². The van der Waals surface area contributed by atoms with Gasteiger partial charge in [0, 0.05) is 29.0 Å². The molecule has 1 aromatic heterocycles. The van der Waals surface area contributed by atoms with Crippen LogP contribution in [0.2, 0.25) is 0 Å². The van der Waals surface area contributed by atoms with Crippen LogP contribution in [0, 0.1) is 15.9 Å². The maximum Gasteiger partial charge on any atom is 0.306 e. The zero-order valence-corrected chi connectivity index (χ0v) is 15.4. The van der Waals surface area contributed by atoms with Gasteiger partial charge in [-0.05, 0) is 30.3 Å². The number of thiazole rings is 1. The average molecular weight is 409 g/mol. The molecular formula is C19H12FN5O3S. The van der Waals surface area contributed by atoms with Gasteiger partial charge in [-0.2, -0.15) is 5.10 Å². The van der Waals surface area contributed by atoms with Crippen molar-refractivity contribution in [1.82, 2.24) is 4.98 Å². The monoisotopic (exact) mass is 409 g/mol. The Bertz CT molecular complexity index is 1240. The van der Waals surface area contributed by atoms with Gasteiger partial charge in [-0.1, -0.05) is 23.5 Å². The second-order valence-corrected chi connectivity index (χ2v) is 7.00. The van der Waals surface area contributed by atoms with E-state index in [1.807, 2.05) is 0 Å². The number of aromatic amines is 1. The van der Waals surface area contributed by atoms with Gasteiger partial charge in [-0.25, -0.2) is 4.39 Å². The molecule has 0 saturated heterocycles. The minimum atomic E-state index is -0.480. The van der Waals surface area contributed by atoms with E-state index in [-0.39, 0.29) is 16.4 Å². The first kappa shape index (κ1) is 18.4. The number of benzene rings is 2. The Morgan fingerprint density at radius 2 is 2.00 bits per heavy atom. The van der Waals surface area contributed by atoms with Crippen molar-refractivity contribution in [2.24, 2.45) is 10.2 Å². The van der Waals surface area contributed by atoms with Crippen LogP contribution in [-0.4, -0.2) is 21.8 Å². The van der Waals surface area contributed by atoms with Crippen LogP contribution in [0.15, 0.2) is 69.1 Å². The molecule has 3 aromatic rings. The number of allylic oxidation sites excluding steroid dienone is 1. The lowest BCUT2D eigenvalue weighted by atomic mass is 10.0. The molecule has 10 heteroatoms. The number of aromatic nitrogens is 1. The molecule has 0 amide bonds. The predicted octanol–water partition coefficient (Wildman–Crippen LogP) is 4.10. The molecule has 1 aliphatic heterocycles. The van der Waals surface area contributed by atoms with Crippen molar-refractivity contribution in [3.05, 3.63) is 90.1 Å². The van der Waals surface area contributed by atoms with Crippen molar-refractivity contribution >= 4 is 46.5 Å². The predicted molar refractivity (Wildman–Crippen MR) is 111 cm³/mol. The number of nitrogens with zero attached hydrogens (tertiary/aromatic N) is 3. The SMILES string of the molecule is O=c1[nH]c(Nc2ccc(F)cc2)c(/C=C2\C=NN=C2c2cccc([N+](=O)[O-])c2)s1. The Morgan fingerprint density at radius 3 is 2.76 bits per heavy atom. The second kappa shape index (κ2) is 7.60. The van der Waals surface area contributed by atoms with Crippen molar-refractivity contribution in [3.8, 4) is 0 Å². The number of H-pyrrole nitrogens is 1. The van der Waals surface area contributed by atoms with Gasteiger partial charge in [-0.15, -0.1) is 5.10 Å². The van der Waals surface area contributed by atoms with Crippen LogP contribution in [0.4, 0.5) is 21.6 Å². The van der Waals surface area contributed by atoms with Gasteiger partial charge < -0.3 is 5.32 Å². The molecular weight excluding hydrogens is 397 g/mol. The van der Waals surface area contributed by atoms with Crippen LogP contribution < -0.4 is 10.2 Å². The summed E-state index contributed by atoms with van der Waals surface area (Å²) in [6, 6.07) is 11.8. The molecule has 0 unspecified atom stereocenters. The Morgan fingerprint density at radius 1 is 1.21 bits per heavy atom. The van der Waals surface area contributed by atoms with E-state index in [1.165, 1.54) is 30.5 Å².